The van der Waals surface area contributed by atoms with Crippen molar-refractivity contribution in [2.45, 2.75) is 44.0 Å². The Kier molecular flexibility index (Phi) is 5.31. The van der Waals surface area contributed by atoms with E-state index in [1.54, 1.807) is 0 Å². The molecule has 0 aliphatic carbocycles. The third-order valence-electron chi connectivity index (χ3n) is 5.25. The van der Waals surface area contributed by atoms with Crippen LogP contribution >= 0.6 is 0 Å². The van der Waals surface area contributed by atoms with Gasteiger partial charge in [0, 0.05) is 6.04 Å². The third-order valence-corrected chi connectivity index (χ3v) is 9.70. The van der Waals surface area contributed by atoms with Crippen molar-refractivity contribution in [2.75, 3.05) is 6.54 Å². The smallest absolute Gasteiger partial charge is 0.117 e. The van der Waals surface area contributed by atoms with Gasteiger partial charge in [-0.2, -0.15) is 0 Å². The summed E-state index contributed by atoms with van der Waals surface area (Å²) in [7, 11) is -1.94. The molecule has 0 spiro atoms. The van der Waals surface area contributed by atoms with Crippen LogP contribution in [0.25, 0.3) is 0 Å². The third kappa shape index (κ3) is 3.74. The average molecular weight is 326 g/mol. The molecule has 2 nitrogen and oxygen atoms in total. The number of benzene rings is 2. The molecule has 1 heterocycles. The first-order valence-corrected chi connectivity index (χ1v) is 11.4. The first-order chi connectivity index (χ1) is 11.2. The van der Waals surface area contributed by atoms with Gasteiger partial charge in [0.2, 0.25) is 0 Å². The van der Waals surface area contributed by atoms with Crippen LogP contribution in [0.15, 0.2) is 60.7 Å². The van der Waals surface area contributed by atoms with E-state index in [0.29, 0.717) is 0 Å². The molecule has 2 aromatic rings. The molecule has 1 saturated heterocycles. The lowest BCUT2D eigenvalue weighted by Crippen LogP contribution is -2.59. The van der Waals surface area contributed by atoms with E-state index in [9.17, 15) is 5.11 Å². The Labute approximate surface area is 140 Å². The molecule has 1 aliphatic heterocycles. The predicted molar refractivity (Wildman–Crippen MR) is 100 cm³/mol. The van der Waals surface area contributed by atoms with Crippen LogP contribution in [0.2, 0.25) is 12.6 Å². The van der Waals surface area contributed by atoms with E-state index in [-0.39, 0.29) is 12.1 Å². The van der Waals surface area contributed by atoms with Crippen molar-refractivity contribution in [1.29, 1.82) is 0 Å². The summed E-state index contributed by atoms with van der Waals surface area (Å²) in [5.41, 5.74) is 0. The Morgan fingerprint density at radius 1 is 1.00 bits per heavy atom. The fraction of sp³-hybridized carbons (Fsp3) is 0.400. The second-order valence-corrected chi connectivity index (χ2v) is 11.1. The van der Waals surface area contributed by atoms with Crippen LogP contribution in [0.4, 0.5) is 0 Å². The Morgan fingerprint density at radius 3 is 2.04 bits per heavy atom. The minimum Gasteiger partial charge on any atom is -0.392 e. The first-order valence-electron chi connectivity index (χ1n) is 8.73. The summed E-state index contributed by atoms with van der Waals surface area (Å²) in [4.78, 5) is 0. The highest BCUT2D eigenvalue weighted by Crippen LogP contribution is 2.20. The fourth-order valence-electron chi connectivity index (χ4n) is 3.78. The summed E-state index contributed by atoms with van der Waals surface area (Å²) in [6, 6.07) is 22.7. The maximum Gasteiger partial charge on any atom is 0.117 e. The number of aliphatic hydroxyl groups is 1. The van der Waals surface area contributed by atoms with Crippen LogP contribution < -0.4 is 15.7 Å². The lowest BCUT2D eigenvalue weighted by molar-refractivity contribution is 0.129. The van der Waals surface area contributed by atoms with Crippen molar-refractivity contribution in [3.05, 3.63) is 60.7 Å². The van der Waals surface area contributed by atoms with E-state index in [0.717, 1.165) is 19.0 Å². The van der Waals surface area contributed by atoms with Gasteiger partial charge in [-0.25, -0.2) is 0 Å². The standard InChI is InChI=1S/C20H27NOSi/c1-23(17-10-4-2-5-11-17,18-12-6-3-7-13-18)16-20(22)19-14-8-9-15-21-19/h2-7,10-13,19-22H,8-9,14-16H2,1H3/t19-,20-/m0/s1. The Morgan fingerprint density at radius 2 is 1.57 bits per heavy atom. The monoisotopic (exact) mass is 325 g/mol. The van der Waals surface area contributed by atoms with Crippen LogP contribution in [-0.2, 0) is 0 Å². The molecule has 3 heteroatoms. The van der Waals surface area contributed by atoms with Crippen molar-refractivity contribution in [2.24, 2.45) is 0 Å². The number of hydrogen-bond donors (Lipinski definition) is 2. The van der Waals surface area contributed by atoms with Crippen molar-refractivity contribution in [3.8, 4) is 0 Å². The summed E-state index contributed by atoms with van der Waals surface area (Å²) in [5.74, 6) is 0. The highest BCUT2D eigenvalue weighted by Gasteiger charge is 2.36. The lowest BCUT2D eigenvalue weighted by Gasteiger charge is -2.35. The zero-order chi connectivity index (χ0) is 16.1. The van der Waals surface area contributed by atoms with E-state index < -0.39 is 8.07 Å². The van der Waals surface area contributed by atoms with Gasteiger partial charge in [0.25, 0.3) is 0 Å². The first kappa shape index (κ1) is 16.4. The normalized spacial score (nSPS) is 20.2. The topological polar surface area (TPSA) is 32.3 Å². The van der Waals surface area contributed by atoms with Crippen molar-refractivity contribution in [1.82, 2.24) is 5.32 Å². The molecule has 23 heavy (non-hydrogen) atoms. The summed E-state index contributed by atoms with van der Waals surface area (Å²) >= 11 is 0. The molecule has 122 valence electrons. The van der Waals surface area contributed by atoms with Gasteiger partial charge in [0.15, 0.2) is 0 Å². The molecule has 0 unspecified atom stereocenters. The maximum absolute atomic E-state index is 10.9. The van der Waals surface area contributed by atoms with E-state index >= 15 is 0 Å². The van der Waals surface area contributed by atoms with Crippen LogP contribution in [-0.4, -0.2) is 31.9 Å². The second kappa shape index (κ2) is 7.43. The summed E-state index contributed by atoms with van der Waals surface area (Å²) < 4.78 is 0. The van der Waals surface area contributed by atoms with Crippen LogP contribution in [0.5, 0.6) is 0 Å². The molecule has 0 saturated carbocycles. The highest BCUT2D eigenvalue weighted by molar-refractivity contribution is 7.01. The zero-order valence-corrected chi connectivity index (χ0v) is 14.9. The molecule has 0 amide bonds. The molecule has 0 bridgehead atoms. The van der Waals surface area contributed by atoms with E-state index in [1.807, 2.05) is 0 Å². The molecule has 2 aromatic carbocycles. The predicted octanol–water partition coefficient (Wildman–Crippen LogP) is 2.38. The molecule has 0 aromatic heterocycles. The van der Waals surface area contributed by atoms with Gasteiger partial charge in [-0.05, 0) is 25.4 Å². The second-order valence-electron chi connectivity index (χ2n) is 6.89. The minimum atomic E-state index is -1.94. The van der Waals surface area contributed by atoms with Crippen LogP contribution in [0, 0.1) is 0 Å². The van der Waals surface area contributed by atoms with Crippen molar-refractivity contribution in [3.63, 3.8) is 0 Å². The SMILES string of the molecule is C[Si](C[C@H](O)[C@@H]1CCCCN1)(c1ccccc1)c1ccccc1. The van der Waals surface area contributed by atoms with Crippen molar-refractivity contribution >= 4 is 18.4 Å². The minimum absolute atomic E-state index is 0.253. The molecule has 1 fully saturated rings. The van der Waals surface area contributed by atoms with Crippen molar-refractivity contribution < 1.29 is 5.11 Å². The van der Waals surface area contributed by atoms with Crippen LogP contribution in [0.3, 0.4) is 0 Å². The zero-order valence-electron chi connectivity index (χ0n) is 13.9. The van der Waals surface area contributed by atoms with Gasteiger partial charge in [-0.1, -0.05) is 84.0 Å². The molecule has 1 aliphatic rings. The maximum atomic E-state index is 10.9. The van der Waals surface area contributed by atoms with Crippen LogP contribution in [0.1, 0.15) is 19.3 Å². The van der Waals surface area contributed by atoms with E-state index in [1.165, 1.54) is 23.2 Å². The van der Waals surface area contributed by atoms with E-state index in [4.69, 9.17) is 0 Å². The van der Waals surface area contributed by atoms with Gasteiger partial charge in [-0.3, -0.25) is 0 Å². The summed E-state index contributed by atoms with van der Waals surface area (Å²) in [5, 5.41) is 17.2. The number of aliphatic hydroxyl groups excluding tert-OH is 1. The highest BCUT2D eigenvalue weighted by atomic mass is 28.3. The molecule has 2 atom stereocenters. The molecule has 0 radical (unpaired) electrons. The molecule has 3 rings (SSSR count). The fourth-order valence-corrected chi connectivity index (χ4v) is 7.56. The number of rotatable bonds is 5. The van der Waals surface area contributed by atoms with Gasteiger partial charge in [0.05, 0.1) is 6.10 Å². The Hall–Kier alpha value is -1.42. The Bertz CT molecular complexity index is 556. The Balaban J connectivity index is 1.89. The summed E-state index contributed by atoms with van der Waals surface area (Å²) in [6.45, 7) is 3.43. The number of nitrogens with one attached hydrogen (secondary N) is 1. The molecular formula is C20H27NOSi. The quantitative estimate of drug-likeness (QED) is 0.827. The van der Waals surface area contributed by atoms with Gasteiger partial charge >= 0.3 is 0 Å². The van der Waals surface area contributed by atoms with Gasteiger partial charge in [-0.15, -0.1) is 0 Å². The average Bonchev–Trinajstić information content (AvgIpc) is 2.64. The van der Waals surface area contributed by atoms with Gasteiger partial charge < -0.3 is 10.4 Å². The largest absolute Gasteiger partial charge is 0.392 e. The lowest BCUT2D eigenvalue weighted by atomic mass is 10.0. The molecular weight excluding hydrogens is 298 g/mol. The number of piperidine rings is 1. The van der Waals surface area contributed by atoms with Gasteiger partial charge in [0.1, 0.15) is 8.07 Å². The van der Waals surface area contributed by atoms with E-state index in [2.05, 4.69) is 72.5 Å². The number of hydrogen-bond acceptors (Lipinski definition) is 2. The molecule has 2 N–H and O–H groups in total. The summed E-state index contributed by atoms with van der Waals surface area (Å²) in [6.07, 6.45) is 3.28.